The normalized spacial score (nSPS) is 41.3. The number of ether oxygens (including phenoxy) is 1. The van der Waals surface area contributed by atoms with Crippen molar-refractivity contribution in [3.05, 3.63) is 0 Å². The molecule has 0 bridgehead atoms. The van der Waals surface area contributed by atoms with Crippen LogP contribution in [0.2, 0.25) is 0 Å². The highest BCUT2D eigenvalue weighted by Gasteiger charge is 2.33. The standard InChI is InChI=1S/C15H28N2O/c1-2-7-15(17-11-12-5-4-10-18-12)13(6-1)14-8-3-9-16-14/h12-17H,1-11H2. The largest absolute Gasteiger partial charge is 0.377 e. The molecule has 3 heteroatoms. The molecular formula is C15H28N2O. The van der Waals surface area contributed by atoms with Crippen LogP contribution in [0, 0.1) is 5.92 Å². The minimum Gasteiger partial charge on any atom is -0.377 e. The van der Waals surface area contributed by atoms with Gasteiger partial charge in [0.25, 0.3) is 0 Å². The second kappa shape index (κ2) is 6.36. The Morgan fingerprint density at radius 3 is 2.72 bits per heavy atom. The molecule has 4 unspecified atom stereocenters. The highest BCUT2D eigenvalue weighted by molar-refractivity contribution is 4.92. The molecular weight excluding hydrogens is 224 g/mol. The summed E-state index contributed by atoms with van der Waals surface area (Å²) in [5.41, 5.74) is 0. The molecule has 3 fully saturated rings. The first-order valence-electron chi connectivity index (χ1n) is 8.02. The van der Waals surface area contributed by atoms with E-state index in [4.69, 9.17) is 4.74 Å². The van der Waals surface area contributed by atoms with Crippen LogP contribution in [0.1, 0.15) is 51.4 Å². The zero-order valence-electron chi connectivity index (χ0n) is 11.5. The van der Waals surface area contributed by atoms with Gasteiger partial charge in [0.05, 0.1) is 6.10 Å². The molecule has 18 heavy (non-hydrogen) atoms. The van der Waals surface area contributed by atoms with E-state index in [0.29, 0.717) is 6.10 Å². The van der Waals surface area contributed by atoms with Crippen molar-refractivity contribution < 1.29 is 4.74 Å². The van der Waals surface area contributed by atoms with Gasteiger partial charge in [0.1, 0.15) is 0 Å². The predicted octanol–water partition coefficient (Wildman–Crippen LogP) is 2.07. The molecule has 3 rings (SSSR count). The first-order valence-corrected chi connectivity index (χ1v) is 8.02. The molecule has 104 valence electrons. The summed E-state index contributed by atoms with van der Waals surface area (Å²) in [5.74, 6) is 0.864. The number of rotatable bonds is 4. The number of hydrogen-bond donors (Lipinski definition) is 2. The van der Waals surface area contributed by atoms with Gasteiger partial charge in [0.2, 0.25) is 0 Å². The third-order valence-electron chi connectivity index (χ3n) is 5.07. The van der Waals surface area contributed by atoms with Crippen LogP contribution in [0.4, 0.5) is 0 Å². The summed E-state index contributed by atoms with van der Waals surface area (Å²) in [4.78, 5) is 0. The van der Waals surface area contributed by atoms with Gasteiger partial charge in [-0.2, -0.15) is 0 Å². The van der Waals surface area contributed by atoms with Crippen LogP contribution in [0.3, 0.4) is 0 Å². The Balaban J connectivity index is 1.50. The van der Waals surface area contributed by atoms with Crippen molar-refractivity contribution in [2.75, 3.05) is 19.7 Å². The molecule has 0 aromatic rings. The molecule has 0 aromatic heterocycles. The summed E-state index contributed by atoms with van der Waals surface area (Å²) in [6.45, 7) is 3.29. The lowest BCUT2D eigenvalue weighted by atomic mass is 9.79. The van der Waals surface area contributed by atoms with E-state index in [0.717, 1.165) is 31.2 Å². The maximum atomic E-state index is 5.73. The fourth-order valence-electron chi connectivity index (χ4n) is 4.06. The Hall–Kier alpha value is -0.120. The molecule has 1 saturated carbocycles. The lowest BCUT2D eigenvalue weighted by Crippen LogP contribution is -2.48. The molecule has 0 amide bonds. The van der Waals surface area contributed by atoms with E-state index in [-0.39, 0.29) is 0 Å². The van der Waals surface area contributed by atoms with Crippen molar-refractivity contribution in [2.45, 2.75) is 69.6 Å². The third kappa shape index (κ3) is 3.06. The topological polar surface area (TPSA) is 33.3 Å². The molecule has 0 aromatic carbocycles. The lowest BCUT2D eigenvalue weighted by molar-refractivity contribution is 0.0991. The van der Waals surface area contributed by atoms with E-state index in [9.17, 15) is 0 Å². The Morgan fingerprint density at radius 1 is 1.00 bits per heavy atom. The van der Waals surface area contributed by atoms with Crippen molar-refractivity contribution in [1.82, 2.24) is 10.6 Å². The summed E-state index contributed by atoms with van der Waals surface area (Å²) in [5, 5.41) is 7.54. The van der Waals surface area contributed by atoms with Gasteiger partial charge >= 0.3 is 0 Å². The highest BCUT2D eigenvalue weighted by atomic mass is 16.5. The molecule has 2 heterocycles. The zero-order valence-corrected chi connectivity index (χ0v) is 11.5. The summed E-state index contributed by atoms with van der Waals surface area (Å²) < 4.78 is 5.73. The van der Waals surface area contributed by atoms with E-state index < -0.39 is 0 Å². The molecule has 3 aliphatic rings. The van der Waals surface area contributed by atoms with Crippen LogP contribution in [-0.2, 0) is 4.74 Å². The first-order chi connectivity index (χ1) is 8.93. The molecule has 0 radical (unpaired) electrons. The van der Waals surface area contributed by atoms with E-state index in [1.54, 1.807) is 0 Å². The minimum atomic E-state index is 0.490. The number of hydrogen-bond acceptors (Lipinski definition) is 3. The van der Waals surface area contributed by atoms with Crippen LogP contribution < -0.4 is 10.6 Å². The van der Waals surface area contributed by atoms with Gasteiger partial charge < -0.3 is 15.4 Å². The smallest absolute Gasteiger partial charge is 0.0700 e. The quantitative estimate of drug-likeness (QED) is 0.803. The Kier molecular flexibility index (Phi) is 4.55. The Morgan fingerprint density at radius 2 is 1.94 bits per heavy atom. The monoisotopic (exact) mass is 252 g/mol. The molecule has 4 atom stereocenters. The van der Waals surface area contributed by atoms with Gasteiger partial charge in [-0.25, -0.2) is 0 Å². The average Bonchev–Trinajstić information content (AvgIpc) is 3.10. The van der Waals surface area contributed by atoms with Crippen molar-refractivity contribution in [3.8, 4) is 0 Å². The lowest BCUT2D eigenvalue weighted by Gasteiger charge is -2.37. The van der Waals surface area contributed by atoms with E-state index in [1.807, 2.05) is 0 Å². The van der Waals surface area contributed by atoms with Gasteiger partial charge in [-0.05, 0) is 51.0 Å². The molecule has 2 aliphatic heterocycles. The minimum absolute atomic E-state index is 0.490. The van der Waals surface area contributed by atoms with Gasteiger partial charge in [0.15, 0.2) is 0 Å². The molecule has 2 N–H and O–H groups in total. The van der Waals surface area contributed by atoms with Crippen LogP contribution in [0.15, 0.2) is 0 Å². The van der Waals surface area contributed by atoms with Crippen molar-refractivity contribution in [2.24, 2.45) is 5.92 Å². The van der Waals surface area contributed by atoms with Gasteiger partial charge in [0, 0.05) is 25.2 Å². The van der Waals surface area contributed by atoms with Gasteiger partial charge in [-0.15, -0.1) is 0 Å². The van der Waals surface area contributed by atoms with Crippen molar-refractivity contribution in [1.29, 1.82) is 0 Å². The van der Waals surface area contributed by atoms with Gasteiger partial charge in [-0.3, -0.25) is 0 Å². The summed E-state index contributed by atoms with van der Waals surface area (Å²) in [6, 6.07) is 1.52. The second-order valence-corrected chi connectivity index (χ2v) is 6.30. The average molecular weight is 252 g/mol. The molecule has 1 aliphatic carbocycles. The van der Waals surface area contributed by atoms with Crippen LogP contribution in [-0.4, -0.2) is 37.9 Å². The fraction of sp³-hybridized carbons (Fsp3) is 1.00. The van der Waals surface area contributed by atoms with E-state index in [2.05, 4.69) is 10.6 Å². The van der Waals surface area contributed by atoms with E-state index >= 15 is 0 Å². The summed E-state index contributed by atoms with van der Waals surface area (Å²) in [7, 11) is 0. The number of nitrogens with one attached hydrogen (secondary N) is 2. The first kappa shape index (κ1) is 12.9. The van der Waals surface area contributed by atoms with Gasteiger partial charge in [-0.1, -0.05) is 12.8 Å². The van der Waals surface area contributed by atoms with Crippen molar-refractivity contribution in [3.63, 3.8) is 0 Å². The Bertz CT molecular complexity index is 247. The summed E-state index contributed by atoms with van der Waals surface area (Å²) in [6.07, 6.45) is 11.4. The van der Waals surface area contributed by atoms with Crippen molar-refractivity contribution >= 4 is 0 Å². The van der Waals surface area contributed by atoms with Crippen LogP contribution in [0.5, 0.6) is 0 Å². The molecule has 0 spiro atoms. The SMILES string of the molecule is C1COC(CNC2CCCCC2C2CCCN2)C1. The van der Waals surface area contributed by atoms with Crippen LogP contribution >= 0.6 is 0 Å². The maximum absolute atomic E-state index is 5.73. The summed E-state index contributed by atoms with van der Waals surface area (Å²) >= 11 is 0. The Labute approximate surface area is 111 Å². The zero-order chi connectivity index (χ0) is 12.2. The molecule has 2 saturated heterocycles. The fourth-order valence-corrected chi connectivity index (χ4v) is 4.06. The molecule has 3 nitrogen and oxygen atoms in total. The maximum Gasteiger partial charge on any atom is 0.0700 e. The van der Waals surface area contributed by atoms with E-state index in [1.165, 1.54) is 57.9 Å². The predicted molar refractivity (Wildman–Crippen MR) is 73.7 cm³/mol. The second-order valence-electron chi connectivity index (χ2n) is 6.30. The highest BCUT2D eigenvalue weighted by Crippen LogP contribution is 2.30. The van der Waals surface area contributed by atoms with Crippen LogP contribution in [0.25, 0.3) is 0 Å². The third-order valence-corrected chi connectivity index (χ3v) is 5.07.